The van der Waals surface area contributed by atoms with Gasteiger partial charge < -0.3 is 14.4 Å². The summed E-state index contributed by atoms with van der Waals surface area (Å²) < 4.78 is 8.82. The number of hydrogen-bond donors (Lipinski definition) is 1. The van der Waals surface area contributed by atoms with E-state index in [1.54, 1.807) is 12.2 Å². The highest BCUT2D eigenvalue weighted by molar-refractivity contribution is 6.15. The van der Waals surface area contributed by atoms with E-state index in [1.807, 2.05) is 31.2 Å². The van der Waals surface area contributed by atoms with Crippen molar-refractivity contribution >= 4 is 35.3 Å². The van der Waals surface area contributed by atoms with Crippen LogP contribution in [0.25, 0.3) is 29.0 Å². The van der Waals surface area contributed by atoms with Crippen molar-refractivity contribution in [3.63, 3.8) is 0 Å². The normalized spacial score (nSPS) is 13.5. The highest BCUT2D eigenvalue weighted by Crippen LogP contribution is 2.41. The summed E-state index contributed by atoms with van der Waals surface area (Å²) >= 11 is 4.64. The molecule has 0 amide bonds. The quantitative estimate of drug-likeness (QED) is 0.273. The van der Waals surface area contributed by atoms with Crippen molar-refractivity contribution in [2.75, 3.05) is 32.6 Å². The molecule has 0 spiro atoms. The van der Waals surface area contributed by atoms with Crippen LogP contribution < -0.4 is 9.93 Å². The van der Waals surface area contributed by atoms with Crippen molar-refractivity contribution < 1.29 is 14.3 Å². The van der Waals surface area contributed by atoms with E-state index in [0.717, 1.165) is 65.3 Å². The zero-order chi connectivity index (χ0) is 28.4. The summed E-state index contributed by atoms with van der Waals surface area (Å²) in [7, 11) is 0. The van der Waals surface area contributed by atoms with Crippen LogP contribution in [0.15, 0.2) is 64.3 Å². The highest BCUT2D eigenvalue weighted by atomic mass is 35.5. The molecule has 0 aromatic carbocycles. The summed E-state index contributed by atoms with van der Waals surface area (Å²) in [5, 5.41) is 11.2. The lowest BCUT2D eigenvalue weighted by atomic mass is 9.87. The maximum absolute atomic E-state index is 12.4. The molecule has 0 aromatic heterocycles. The Labute approximate surface area is 232 Å². The minimum Gasteiger partial charge on any atom is -0.478 e. The van der Waals surface area contributed by atoms with Crippen LogP contribution in [-0.2, 0) is 4.79 Å². The van der Waals surface area contributed by atoms with Gasteiger partial charge in [0.25, 0.3) is 0 Å². The molecule has 0 bridgehead atoms. The molecule has 0 radical (unpaired) electrons. The standard InChI is InChI=1S/C31H38N2O3.CH3Cl/c1-8-24-28(19-22(7)32(9-2)10-3)36-29-20-23(33(11-4)12-5)16-17-26(29)30(24)25-15-13-14-21(6)18-27(25)31(34)35;1-2/h8,14-20H,1,9-13H2,2-7H3;1H3/p+1. The average Bonchev–Trinajstić information content (AvgIpc) is 3.11. The van der Waals surface area contributed by atoms with Crippen LogP contribution in [0.2, 0.25) is 0 Å². The number of carbonyl (C=O) groups is 1. The molecular formula is C32H42ClN2O3+. The number of rotatable bonds is 9. The summed E-state index contributed by atoms with van der Waals surface area (Å²) in [4.78, 5) is 14.7. The van der Waals surface area contributed by atoms with Gasteiger partial charge in [-0.1, -0.05) is 30.4 Å². The highest BCUT2D eigenvalue weighted by Gasteiger charge is 2.26. The third-order valence-electron chi connectivity index (χ3n) is 6.85. The maximum Gasteiger partial charge on any atom is 0.336 e. The van der Waals surface area contributed by atoms with Crippen molar-refractivity contribution in [1.82, 2.24) is 9.48 Å². The molecule has 0 saturated heterocycles. The Morgan fingerprint density at radius 3 is 2.37 bits per heavy atom. The largest absolute Gasteiger partial charge is 0.478 e. The molecule has 0 unspecified atom stereocenters. The molecule has 5 nitrogen and oxygen atoms in total. The van der Waals surface area contributed by atoms with Gasteiger partial charge in [-0.15, -0.1) is 11.6 Å². The van der Waals surface area contributed by atoms with Gasteiger partial charge in [-0.25, -0.2) is 9.37 Å². The first-order valence-electron chi connectivity index (χ1n) is 13.2. The summed E-state index contributed by atoms with van der Waals surface area (Å²) in [5.74, 6) is 0.447. The Kier molecular flexibility index (Phi) is 11.9. The number of aliphatic carboxylic acids is 1. The second kappa shape index (κ2) is 14.6. The van der Waals surface area contributed by atoms with Crippen LogP contribution in [0.3, 0.4) is 0 Å². The fourth-order valence-electron chi connectivity index (χ4n) is 4.88. The molecule has 1 heterocycles. The van der Waals surface area contributed by atoms with Crippen molar-refractivity contribution in [3.8, 4) is 11.3 Å². The van der Waals surface area contributed by atoms with Gasteiger partial charge in [0, 0.05) is 54.0 Å². The second-order valence-electron chi connectivity index (χ2n) is 8.93. The Bertz CT molecular complexity index is 1310. The van der Waals surface area contributed by atoms with E-state index in [4.69, 9.17) is 4.42 Å². The summed E-state index contributed by atoms with van der Waals surface area (Å²) in [6.07, 6.45) is 11.8. The molecule has 204 valence electrons. The summed E-state index contributed by atoms with van der Waals surface area (Å²) in [6.45, 7) is 20.2. The number of alkyl halides is 1. The third kappa shape index (κ3) is 6.76. The van der Waals surface area contributed by atoms with E-state index >= 15 is 0 Å². The lowest BCUT2D eigenvalue weighted by molar-refractivity contribution is -0.132. The Balaban J connectivity index is 0.00000247. The minimum absolute atomic E-state index is 0.278. The van der Waals surface area contributed by atoms with E-state index in [9.17, 15) is 9.90 Å². The molecule has 1 aliphatic heterocycles. The lowest BCUT2D eigenvalue weighted by Crippen LogP contribution is -2.29. The van der Waals surface area contributed by atoms with Crippen LogP contribution in [0, 0.1) is 0 Å². The second-order valence-corrected chi connectivity index (χ2v) is 8.93. The fourth-order valence-corrected chi connectivity index (χ4v) is 4.88. The number of carboxylic acids is 1. The molecule has 3 rings (SSSR count). The maximum atomic E-state index is 12.4. The zero-order valence-corrected chi connectivity index (χ0v) is 24.7. The van der Waals surface area contributed by atoms with Gasteiger partial charge in [0.15, 0.2) is 0 Å². The Morgan fingerprint density at radius 1 is 1.16 bits per heavy atom. The van der Waals surface area contributed by atoms with Crippen molar-refractivity contribution in [2.45, 2.75) is 48.0 Å². The van der Waals surface area contributed by atoms with Gasteiger partial charge in [0.2, 0.25) is 5.36 Å². The summed E-state index contributed by atoms with van der Waals surface area (Å²) in [5.41, 5.74) is 5.49. The van der Waals surface area contributed by atoms with Crippen LogP contribution in [-0.4, -0.2) is 48.5 Å². The minimum atomic E-state index is -0.948. The van der Waals surface area contributed by atoms with Gasteiger partial charge >= 0.3 is 5.97 Å². The van der Waals surface area contributed by atoms with Gasteiger partial charge in [0.05, 0.1) is 11.6 Å². The molecular weight excluding hydrogens is 496 g/mol. The predicted molar refractivity (Wildman–Crippen MR) is 162 cm³/mol. The van der Waals surface area contributed by atoms with Gasteiger partial charge in [-0.3, -0.25) is 0 Å². The van der Waals surface area contributed by atoms with Crippen LogP contribution in [0.4, 0.5) is 0 Å². The van der Waals surface area contributed by atoms with Crippen molar-refractivity contribution in [1.29, 1.82) is 0 Å². The molecule has 38 heavy (non-hydrogen) atoms. The molecule has 0 aromatic rings. The van der Waals surface area contributed by atoms with E-state index < -0.39 is 5.97 Å². The van der Waals surface area contributed by atoms with Gasteiger partial charge in [-0.2, -0.15) is 0 Å². The number of halogens is 1. The molecule has 0 fully saturated rings. The van der Waals surface area contributed by atoms with Crippen LogP contribution >= 0.6 is 11.6 Å². The van der Waals surface area contributed by atoms with Crippen LogP contribution in [0.5, 0.6) is 0 Å². The van der Waals surface area contributed by atoms with Gasteiger partial charge in [0.1, 0.15) is 24.6 Å². The SMILES string of the molecule is C=Cc1c(/C=C(\C)N(CC)CC)oc2cc(=[N+](CC)CC)ccc-2c1C1=CCC=C(C)C=C1C(=O)O.CCl. The predicted octanol–water partition coefficient (Wildman–Crippen LogP) is 7.14. The number of allylic oxidation sites excluding steroid dienone is 5. The first-order chi connectivity index (χ1) is 18.3. The monoisotopic (exact) mass is 537 g/mol. The topological polar surface area (TPSA) is 56.7 Å². The summed E-state index contributed by atoms with van der Waals surface area (Å²) in [6, 6.07) is 6.20. The number of benzene rings is 1. The Hall–Kier alpha value is -3.31. The number of carboxylic acid groups (broad SMARTS) is 1. The number of fused-ring (bicyclic) bond motifs is 1. The van der Waals surface area contributed by atoms with E-state index in [0.29, 0.717) is 17.8 Å². The van der Waals surface area contributed by atoms with Crippen molar-refractivity contribution in [3.05, 3.63) is 82.1 Å². The number of nitrogens with zero attached hydrogens (tertiary/aromatic N) is 2. The molecule has 6 heteroatoms. The molecule has 0 atom stereocenters. The molecule has 0 saturated carbocycles. The zero-order valence-electron chi connectivity index (χ0n) is 23.9. The van der Waals surface area contributed by atoms with Crippen LogP contribution in [0.1, 0.15) is 64.9 Å². The average molecular weight is 538 g/mol. The fraction of sp³-hybridized carbons (Fsp3) is 0.375. The van der Waals surface area contributed by atoms with E-state index in [1.165, 1.54) is 6.38 Å². The van der Waals surface area contributed by atoms with Crippen molar-refractivity contribution in [2.24, 2.45) is 0 Å². The van der Waals surface area contributed by atoms with E-state index in [2.05, 4.69) is 74.4 Å². The van der Waals surface area contributed by atoms with Gasteiger partial charge in [-0.05, 0) is 65.7 Å². The van der Waals surface area contributed by atoms with E-state index in [-0.39, 0.29) is 5.57 Å². The lowest BCUT2D eigenvalue weighted by Gasteiger charge is -2.23. The first-order valence-corrected chi connectivity index (χ1v) is 14.0. The first kappa shape index (κ1) is 30.9. The molecule has 2 aliphatic carbocycles. The Morgan fingerprint density at radius 2 is 1.82 bits per heavy atom. The molecule has 1 N–H and O–H groups in total. The number of hydrogen-bond acceptors (Lipinski definition) is 3. The molecule has 3 aliphatic rings. The third-order valence-corrected chi connectivity index (χ3v) is 6.85. The smallest absolute Gasteiger partial charge is 0.336 e.